The number of rotatable bonds is 4. The Morgan fingerprint density at radius 2 is 2.11 bits per heavy atom. The average Bonchev–Trinajstić information content (AvgIpc) is 2.81. The van der Waals surface area contributed by atoms with Crippen molar-refractivity contribution in [3.8, 4) is 0 Å². The lowest BCUT2D eigenvalue weighted by Gasteiger charge is -2.35. The third-order valence-corrected chi connectivity index (χ3v) is 6.46. The van der Waals surface area contributed by atoms with E-state index in [1.807, 2.05) is 0 Å². The van der Waals surface area contributed by atoms with Gasteiger partial charge in [-0.1, -0.05) is 13.8 Å². The van der Waals surface area contributed by atoms with E-state index in [4.69, 9.17) is 10.5 Å². The summed E-state index contributed by atoms with van der Waals surface area (Å²) in [5, 5.41) is 0.190. The summed E-state index contributed by atoms with van der Waals surface area (Å²) in [6, 6.07) is 0.127. The number of hydrogen-bond acceptors (Lipinski definition) is 3. The Morgan fingerprint density at radius 1 is 1.33 bits per heavy atom. The smallest absolute Gasteiger partial charge is 0.0691 e. The highest BCUT2D eigenvalue weighted by Gasteiger charge is 2.34. The topological polar surface area (TPSA) is 52.3 Å². The first-order valence-corrected chi connectivity index (χ1v) is 8.70. The molecule has 0 bridgehead atoms. The van der Waals surface area contributed by atoms with Crippen molar-refractivity contribution in [2.45, 2.75) is 63.3 Å². The van der Waals surface area contributed by atoms with Gasteiger partial charge in [0.05, 0.1) is 17.1 Å². The quantitative estimate of drug-likeness (QED) is 0.853. The van der Waals surface area contributed by atoms with Crippen molar-refractivity contribution in [3.05, 3.63) is 0 Å². The van der Waals surface area contributed by atoms with Gasteiger partial charge in [-0.25, -0.2) is 0 Å². The molecule has 2 rings (SSSR count). The Bertz CT molecular complexity index is 290. The Balaban J connectivity index is 1.89. The van der Waals surface area contributed by atoms with Crippen LogP contribution in [0, 0.1) is 11.8 Å². The fourth-order valence-electron chi connectivity index (χ4n) is 3.17. The Morgan fingerprint density at radius 3 is 2.72 bits per heavy atom. The van der Waals surface area contributed by atoms with Crippen LogP contribution < -0.4 is 5.73 Å². The molecule has 1 saturated heterocycles. The summed E-state index contributed by atoms with van der Waals surface area (Å²) < 4.78 is 18.1. The van der Waals surface area contributed by atoms with E-state index < -0.39 is 10.8 Å². The van der Waals surface area contributed by atoms with Crippen LogP contribution in [0.1, 0.15) is 46.0 Å². The summed E-state index contributed by atoms with van der Waals surface area (Å²) in [6.07, 6.45) is 5.68. The fraction of sp³-hybridized carbons (Fsp3) is 1.00. The third-order valence-electron chi connectivity index (χ3n) is 4.54. The minimum Gasteiger partial charge on any atom is -0.377 e. The number of nitrogens with two attached hydrogens (primary N) is 1. The van der Waals surface area contributed by atoms with E-state index >= 15 is 0 Å². The molecular formula is C14H27NO2S. The van der Waals surface area contributed by atoms with E-state index in [0.717, 1.165) is 32.3 Å². The molecule has 1 aliphatic heterocycles. The van der Waals surface area contributed by atoms with Crippen LogP contribution in [0.5, 0.6) is 0 Å². The van der Waals surface area contributed by atoms with E-state index in [1.165, 1.54) is 6.42 Å². The highest BCUT2D eigenvalue weighted by molar-refractivity contribution is 7.85. The SMILES string of the molecule is CC(C)C1CCC(N)C(S(=O)CC2CCCO2)C1. The van der Waals surface area contributed by atoms with Gasteiger partial charge in [0.2, 0.25) is 0 Å². The largest absolute Gasteiger partial charge is 0.377 e. The van der Waals surface area contributed by atoms with Crippen molar-refractivity contribution in [3.63, 3.8) is 0 Å². The Hall–Kier alpha value is 0.0700. The molecular weight excluding hydrogens is 246 g/mol. The van der Waals surface area contributed by atoms with E-state index in [1.54, 1.807) is 0 Å². The van der Waals surface area contributed by atoms with Crippen LogP contribution in [0.2, 0.25) is 0 Å². The van der Waals surface area contributed by atoms with Gasteiger partial charge in [0.1, 0.15) is 0 Å². The molecule has 0 aromatic carbocycles. The molecule has 5 atom stereocenters. The number of ether oxygens (including phenoxy) is 1. The molecule has 3 nitrogen and oxygen atoms in total. The van der Waals surface area contributed by atoms with E-state index in [2.05, 4.69) is 13.8 Å². The van der Waals surface area contributed by atoms with Crippen molar-refractivity contribution in [2.75, 3.05) is 12.4 Å². The molecule has 1 heterocycles. The lowest BCUT2D eigenvalue weighted by molar-refractivity contribution is 0.128. The highest BCUT2D eigenvalue weighted by atomic mass is 32.2. The highest BCUT2D eigenvalue weighted by Crippen LogP contribution is 2.32. The Labute approximate surface area is 113 Å². The second-order valence-corrected chi connectivity index (χ2v) is 7.90. The fourth-order valence-corrected chi connectivity index (χ4v) is 5.04. The first-order chi connectivity index (χ1) is 8.58. The van der Waals surface area contributed by atoms with Crippen LogP contribution in [0.15, 0.2) is 0 Å². The van der Waals surface area contributed by atoms with E-state index in [9.17, 15) is 4.21 Å². The normalized spacial score (nSPS) is 39.1. The second kappa shape index (κ2) is 6.49. The van der Waals surface area contributed by atoms with Gasteiger partial charge in [-0.05, 0) is 43.9 Å². The predicted molar refractivity (Wildman–Crippen MR) is 75.9 cm³/mol. The monoisotopic (exact) mass is 273 g/mol. The van der Waals surface area contributed by atoms with Gasteiger partial charge in [0, 0.05) is 23.4 Å². The van der Waals surface area contributed by atoms with Crippen molar-refractivity contribution in [1.82, 2.24) is 0 Å². The molecule has 4 heteroatoms. The molecule has 1 saturated carbocycles. The third kappa shape index (κ3) is 3.55. The summed E-state index contributed by atoms with van der Waals surface area (Å²) in [6.45, 7) is 5.37. The zero-order chi connectivity index (χ0) is 13.1. The van der Waals surface area contributed by atoms with E-state index in [-0.39, 0.29) is 17.4 Å². The van der Waals surface area contributed by atoms with Crippen LogP contribution in [0.4, 0.5) is 0 Å². The molecule has 0 aromatic rings. The zero-order valence-electron chi connectivity index (χ0n) is 11.6. The van der Waals surface area contributed by atoms with Gasteiger partial charge < -0.3 is 10.5 Å². The van der Waals surface area contributed by atoms with Crippen LogP contribution in [-0.4, -0.2) is 34.0 Å². The molecule has 1 aliphatic carbocycles. The standard InChI is InChI=1S/C14H27NO2S/c1-10(2)11-5-6-13(15)14(8-11)18(16)9-12-4-3-7-17-12/h10-14H,3-9,15H2,1-2H3. The first-order valence-electron chi connectivity index (χ1n) is 7.32. The van der Waals surface area contributed by atoms with Gasteiger partial charge in [-0.15, -0.1) is 0 Å². The minimum absolute atomic E-state index is 0.127. The van der Waals surface area contributed by atoms with Crippen molar-refractivity contribution < 1.29 is 8.95 Å². The van der Waals surface area contributed by atoms with Crippen LogP contribution >= 0.6 is 0 Å². The van der Waals surface area contributed by atoms with Gasteiger partial charge in [0.15, 0.2) is 0 Å². The molecule has 5 unspecified atom stereocenters. The average molecular weight is 273 g/mol. The summed E-state index contributed by atoms with van der Waals surface area (Å²) in [4.78, 5) is 0. The first kappa shape index (κ1) is 14.5. The molecule has 106 valence electrons. The number of hydrogen-bond donors (Lipinski definition) is 1. The molecule has 0 aromatic heterocycles. The van der Waals surface area contributed by atoms with Crippen LogP contribution in [-0.2, 0) is 15.5 Å². The summed E-state index contributed by atoms with van der Waals surface area (Å²) >= 11 is 0. The molecule has 2 aliphatic rings. The zero-order valence-corrected chi connectivity index (χ0v) is 12.5. The second-order valence-electron chi connectivity index (χ2n) is 6.20. The molecule has 0 spiro atoms. The van der Waals surface area contributed by atoms with Crippen LogP contribution in [0.3, 0.4) is 0 Å². The minimum atomic E-state index is -0.814. The molecule has 2 fully saturated rings. The maximum absolute atomic E-state index is 12.5. The lowest BCUT2D eigenvalue weighted by atomic mass is 9.79. The van der Waals surface area contributed by atoms with E-state index in [0.29, 0.717) is 17.6 Å². The molecule has 0 amide bonds. The molecule has 18 heavy (non-hydrogen) atoms. The van der Waals surface area contributed by atoms with Gasteiger partial charge in [-0.3, -0.25) is 4.21 Å². The lowest BCUT2D eigenvalue weighted by Crippen LogP contribution is -2.45. The van der Waals surface area contributed by atoms with Crippen molar-refractivity contribution in [2.24, 2.45) is 17.6 Å². The Kier molecular flexibility index (Phi) is 5.22. The summed E-state index contributed by atoms with van der Waals surface area (Å²) in [5.41, 5.74) is 6.18. The maximum Gasteiger partial charge on any atom is 0.0691 e. The van der Waals surface area contributed by atoms with Crippen molar-refractivity contribution >= 4 is 10.8 Å². The maximum atomic E-state index is 12.5. The predicted octanol–water partition coefficient (Wildman–Crippen LogP) is 2.07. The van der Waals surface area contributed by atoms with Gasteiger partial charge >= 0.3 is 0 Å². The van der Waals surface area contributed by atoms with Crippen LogP contribution in [0.25, 0.3) is 0 Å². The van der Waals surface area contributed by atoms with Gasteiger partial charge in [0.25, 0.3) is 0 Å². The summed E-state index contributed by atoms with van der Waals surface area (Å²) in [5.74, 6) is 2.08. The summed E-state index contributed by atoms with van der Waals surface area (Å²) in [7, 11) is -0.814. The molecule has 2 N–H and O–H groups in total. The van der Waals surface area contributed by atoms with Crippen molar-refractivity contribution in [1.29, 1.82) is 0 Å². The van der Waals surface area contributed by atoms with Gasteiger partial charge in [-0.2, -0.15) is 0 Å². The molecule has 0 radical (unpaired) electrons.